The minimum absolute atomic E-state index is 0.00104. The molecule has 2 heteroatoms. The fraction of sp³-hybridized carbons (Fsp3) is 0.950. The van der Waals surface area contributed by atoms with Crippen LogP contribution in [0.5, 0.6) is 0 Å². The maximum absolute atomic E-state index is 11.6. The van der Waals surface area contributed by atoms with Crippen LogP contribution in [-0.4, -0.2) is 12.6 Å². The van der Waals surface area contributed by atoms with Crippen molar-refractivity contribution >= 4 is 5.97 Å². The zero-order valence-corrected chi connectivity index (χ0v) is 15.5. The summed E-state index contributed by atoms with van der Waals surface area (Å²) in [6, 6.07) is 0. The van der Waals surface area contributed by atoms with E-state index in [1.807, 2.05) is 0 Å². The van der Waals surface area contributed by atoms with E-state index in [9.17, 15) is 4.79 Å². The zero-order chi connectivity index (χ0) is 16.5. The molecule has 0 aliphatic heterocycles. The van der Waals surface area contributed by atoms with Crippen molar-refractivity contribution in [3.63, 3.8) is 0 Å². The van der Waals surface area contributed by atoms with Gasteiger partial charge in [-0.1, -0.05) is 91.4 Å². The predicted octanol–water partition coefficient (Wildman–Crippen LogP) is 6.67. The van der Waals surface area contributed by atoms with E-state index in [2.05, 4.69) is 20.8 Å². The molecule has 0 bridgehead atoms. The third kappa shape index (κ3) is 15.9. The Morgan fingerprint density at radius 3 is 1.77 bits per heavy atom. The normalized spacial score (nSPS) is 12.3. The lowest BCUT2D eigenvalue weighted by molar-refractivity contribution is -0.145. The SMILES string of the molecule is CCCCCCCCCCCCCC(=O)OCC(C)CCC. The van der Waals surface area contributed by atoms with Gasteiger partial charge < -0.3 is 4.74 Å². The number of rotatable bonds is 16. The van der Waals surface area contributed by atoms with E-state index in [4.69, 9.17) is 4.74 Å². The second-order valence-electron chi connectivity index (χ2n) is 6.86. The minimum Gasteiger partial charge on any atom is -0.465 e. The lowest BCUT2D eigenvalue weighted by Crippen LogP contribution is -2.11. The van der Waals surface area contributed by atoms with Crippen LogP contribution in [0.25, 0.3) is 0 Å². The van der Waals surface area contributed by atoms with Gasteiger partial charge >= 0.3 is 5.97 Å². The van der Waals surface area contributed by atoms with E-state index in [0.717, 1.165) is 19.3 Å². The van der Waals surface area contributed by atoms with E-state index in [-0.39, 0.29) is 5.97 Å². The van der Waals surface area contributed by atoms with E-state index in [0.29, 0.717) is 18.9 Å². The summed E-state index contributed by atoms with van der Waals surface area (Å²) in [6.07, 6.45) is 17.4. The highest BCUT2D eigenvalue weighted by Crippen LogP contribution is 2.12. The molecule has 1 unspecified atom stereocenters. The van der Waals surface area contributed by atoms with E-state index in [1.54, 1.807) is 0 Å². The summed E-state index contributed by atoms with van der Waals surface area (Å²) >= 11 is 0. The fourth-order valence-electron chi connectivity index (χ4n) is 2.82. The minimum atomic E-state index is -0.00104. The molecule has 0 aromatic rings. The van der Waals surface area contributed by atoms with Crippen molar-refractivity contribution in [1.29, 1.82) is 0 Å². The molecule has 0 spiro atoms. The molecule has 0 heterocycles. The molecule has 0 aromatic carbocycles. The Morgan fingerprint density at radius 1 is 0.773 bits per heavy atom. The number of carbonyl (C=O) groups is 1. The zero-order valence-electron chi connectivity index (χ0n) is 15.5. The van der Waals surface area contributed by atoms with Crippen LogP contribution in [0.15, 0.2) is 0 Å². The molecule has 2 nitrogen and oxygen atoms in total. The first kappa shape index (κ1) is 21.5. The third-order valence-electron chi connectivity index (χ3n) is 4.29. The molecule has 0 N–H and O–H groups in total. The monoisotopic (exact) mass is 312 g/mol. The molecule has 0 fully saturated rings. The van der Waals surface area contributed by atoms with Gasteiger partial charge in [0.15, 0.2) is 0 Å². The largest absolute Gasteiger partial charge is 0.465 e. The highest BCUT2D eigenvalue weighted by Gasteiger charge is 2.06. The summed E-state index contributed by atoms with van der Waals surface area (Å²) in [5.41, 5.74) is 0. The molecule has 0 radical (unpaired) electrons. The van der Waals surface area contributed by atoms with Gasteiger partial charge in [-0.2, -0.15) is 0 Å². The molecular weight excluding hydrogens is 272 g/mol. The first-order valence-corrected chi connectivity index (χ1v) is 9.86. The van der Waals surface area contributed by atoms with Gasteiger partial charge in [0.05, 0.1) is 6.61 Å². The average Bonchev–Trinajstić information content (AvgIpc) is 2.51. The molecular formula is C20H40O2. The molecule has 0 rings (SSSR count). The smallest absolute Gasteiger partial charge is 0.305 e. The van der Waals surface area contributed by atoms with Crippen molar-refractivity contribution in [2.75, 3.05) is 6.61 Å². The molecule has 1 atom stereocenters. The fourth-order valence-corrected chi connectivity index (χ4v) is 2.82. The number of ether oxygens (including phenoxy) is 1. The lowest BCUT2D eigenvalue weighted by atomic mass is 10.1. The number of esters is 1. The molecule has 0 saturated carbocycles. The Hall–Kier alpha value is -0.530. The van der Waals surface area contributed by atoms with Gasteiger partial charge in [-0.05, 0) is 18.8 Å². The maximum Gasteiger partial charge on any atom is 0.305 e. The molecule has 132 valence electrons. The van der Waals surface area contributed by atoms with Crippen molar-refractivity contribution in [2.24, 2.45) is 5.92 Å². The van der Waals surface area contributed by atoms with E-state index >= 15 is 0 Å². The summed E-state index contributed by atoms with van der Waals surface area (Å²) in [4.78, 5) is 11.6. The third-order valence-corrected chi connectivity index (χ3v) is 4.29. The highest BCUT2D eigenvalue weighted by atomic mass is 16.5. The van der Waals surface area contributed by atoms with Crippen molar-refractivity contribution in [1.82, 2.24) is 0 Å². The Labute approximate surface area is 139 Å². The molecule has 0 aliphatic carbocycles. The first-order valence-electron chi connectivity index (χ1n) is 9.86. The van der Waals surface area contributed by atoms with Gasteiger partial charge in [0.25, 0.3) is 0 Å². The Morgan fingerprint density at radius 2 is 1.27 bits per heavy atom. The Kier molecular flexibility index (Phi) is 16.4. The quantitative estimate of drug-likeness (QED) is 0.235. The highest BCUT2D eigenvalue weighted by molar-refractivity contribution is 5.69. The maximum atomic E-state index is 11.6. The van der Waals surface area contributed by atoms with Gasteiger partial charge in [0, 0.05) is 6.42 Å². The van der Waals surface area contributed by atoms with E-state index in [1.165, 1.54) is 64.2 Å². The Bertz CT molecular complexity index is 238. The summed E-state index contributed by atoms with van der Waals surface area (Å²) in [5.74, 6) is 0.505. The van der Waals surface area contributed by atoms with Crippen LogP contribution < -0.4 is 0 Å². The van der Waals surface area contributed by atoms with Crippen LogP contribution in [0.1, 0.15) is 111 Å². The summed E-state index contributed by atoms with van der Waals surface area (Å²) < 4.78 is 5.31. The number of carbonyl (C=O) groups excluding carboxylic acids is 1. The number of hydrogen-bond donors (Lipinski definition) is 0. The van der Waals surface area contributed by atoms with Gasteiger partial charge in [-0.15, -0.1) is 0 Å². The van der Waals surface area contributed by atoms with Gasteiger partial charge in [0.1, 0.15) is 0 Å². The predicted molar refractivity (Wildman–Crippen MR) is 96.1 cm³/mol. The van der Waals surface area contributed by atoms with Crippen LogP contribution in [0.3, 0.4) is 0 Å². The molecule has 0 aromatic heterocycles. The molecule has 0 aliphatic rings. The second kappa shape index (κ2) is 16.8. The van der Waals surface area contributed by atoms with Crippen LogP contribution >= 0.6 is 0 Å². The molecule has 22 heavy (non-hydrogen) atoms. The van der Waals surface area contributed by atoms with Crippen molar-refractivity contribution in [3.05, 3.63) is 0 Å². The molecule has 0 amide bonds. The average molecular weight is 313 g/mol. The van der Waals surface area contributed by atoms with Gasteiger partial charge in [-0.25, -0.2) is 0 Å². The van der Waals surface area contributed by atoms with E-state index < -0.39 is 0 Å². The Balaban J connectivity index is 3.20. The van der Waals surface area contributed by atoms with Gasteiger partial charge in [0.2, 0.25) is 0 Å². The van der Waals surface area contributed by atoms with Gasteiger partial charge in [-0.3, -0.25) is 4.79 Å². The summed E-state index contributed by atoms with van der Waals surface area (Å²) in [6.45, 7) is 7.19. The van der Waals surface area contributed by atoms with Crippen LogP contribution in [0.2, 0.25) is 0 Å². The van der Waals surface area contributed by atoms with Crippen LogP contribution in [-0.2, 0) is 9.53 Å². The van der Waals surface area contributed by atoms with Crippen molar-refractivity contribution in [2.45, 2.75) is 111 Å². The number of unbranched alkanes of at least 4 members (excludes halogenated alkanes) is 10. The van der Waals surface area contributed by atoms with Crippen LogP contribution in [0, 0.1) is 5.92 Å². The topological polar surface area (TPSA) is 26.3 Å². The lowest BCUT2D eigenvalue weighted by Gasteiger charge is -2.10. The van der Waals surface area contributed by atoms with Crippen molar-refractivity contribution in [3.8, 4) is 0 Å². The second-order valence-corrected chi connectivity index (χ2v) is 6.86. The molecule has 0 saturated heterocycles. The summed E-state index contributed by atoms with van der Waals surface area (Å²) in [5, 5.41) is 0. The number of hydrogen-bond acceptors (Lipinski definition) is 2. The standard InChI is InChI=1S/C20H40O2/c1-4-6-7-8-9-10-11-12-13-14-15-17-20(21)22-18-19(3)16-5-2/h19H,4-18H2,1-3H3. The van der Waals surface area contributed by atoms with Crippen molar-refractivity contribution < 1.29 is 9.53 Å². The van der Waals surface area contributed by atoms with Crippen LogP contribution in [0.4, 0.5) is 0 Å². The first-order chi connectivity index (χ1) is 10.7. The summed E-state index contributed by atoms with van der Waals surface area (Å²) in [7, 11) is 0.